The summed E-state index contributed by atoms with van der Waals surface area (Å²) in [5.41, 5.74) is 9.45. The second kappa shape index (κ2) is 5.85. The van der Waals surface area contributed by atoms with Gasteiger partial charge in [-0.25, -0.2) is 13.1 Å². The average molecular weight is 357 g/mol. The smallest absolute Gasteiger partial charge is 0.250 e. The summed E-state index contributed by atoms with van der Waals surface area (Å²) in [6, 6.07) is 7.07. The fourth-order valence-corrected chi connectivity index (χ4v) is 5.74. The van der Waals surface area contributed by atoms with E-state index in [0.717, 1.165) is 47.3 Å². The summed E-state index contributed by atoms with van der Waals surface area (Å²) in [5, 5.41) is 0. The van der Waals surface area contributed by atoms with Crippen LogP contribution in [0, 0.1) is 6.92 Å². The lowest BCUT2D eigenvalue weighted by Gasteiger charge is -2.26. The van der Waals surface area contributed by atoms with Crippen molar-refractivity contribution < 1.29 is 8.42 Å². The summed E-state index contributed by atoms with van der Waals surface area (Å²) in [7, 11) is -3.56. The molecule has 4 nitrogen and oxygen atoms in total. The highest BCUT2D eigenvalue weighted by Gasteiger charge is 2.27. The molecule has 1 aromatic carbocycles. The number of anilines is 1. The third-order valence-electron chi connectivity index (χ3n) is 3.88. The van der Waals surface area contributed by atoms with Gasteiger partial charge >= 0.3 is 0 Å². The van der Waals surface area contributed by atoms with Crippen LogP contribution < -0.4 is 10.5 Å². The van der Waals surface area contributed by atoms with Gasteiger partial charge in [0, 0.05) is 11.7 Å². The van der Waals surface area contributed by atoms with Crippen molar-refractivity contribution >= 4 is 38.6 Å². The number of nitrogens with one attached hydrogen (secondary N) is 1. The van der Waals surface area contributed by atoms with Gasteiger partial charge in [0.05, 0.1) is 4.34 Å². The molecule has 22 heavy (non-hydrogen) atoms. The van der Waals surface area contributed by atoms with Gasteiger partial charge in [-0.15, -0.1) is 11.3 Å². The summed E-state index contributed by atoms with van der Waals surface area (Å²) in [5.74, 6) is 0. The van der Waals surface area contributed by atoms with E-state index in [2.05, 4.69) is 4.72 Å². The molecule has 0 aliphatic heterocycles. The molecule has 0 radical (unpaired) electrons. The molecule has 0 spiro atoms. The summed E-state index contributed by atoms with van der Waals surface area (Å²) < 4.78 is 28.7. The molecule has 1 heterocycles. The van der Waals surface area contributed by atoms with E-state index in [4.69, 9.17) is 17.3 Å². The van der Waals surface area contributed by atoms with Gasteiger partial charge in [0.2, 0.25) is 0 Å². The van der Waals surface area contributed by atoms with Crippen molar-refractivity contribution in [1.29, 1.82) is 0 Å². The van der Waals surface area contributed by atoms with E-state index in [-0.39, 0.29) is 10.3 Å². The maximum Gasteiger partial charge on any atom is 0.250 e. The number of rotatable bonds is 3. The minimum absolute atomic E-state index is 0.212. The molecule has 1 aliphatic carbocycles. The number of benzene rings is 1. The zero-order valence-corrected chi connectivity index (χ0v) is 14.5. The van der Waals surface area contributed by atoms with Crippen LogP contribution in [0.2, 0.25) is 4.34 Å². The first-order chi connectivity index (χ1) is 10.4. The summed E-state index contributed by atoms with van der Waals surface area (Å²) in [4.78, 5) is 0. The van der Waals surface area contributed by atoms with Crippen LogP contribution in [0.4, 0.5) is 5.69 Å². The van der Waals surface area contributed by atoms with E-state index in [1.807, 2.05) is 18.2 Å². The molecule has 0 saturated carbocycles. The standard InChI is InChI=1S/C15H17ClN2O2S2/c1-9-7-14(21-15(9)16)22(19,20)18-13-4-2-3-10-8-11(17)5-6-12(10)13/h5-8,13,18H,2-4,17H2,1H3. The zero-order chi connectivity index (χ0) is 15.9. The van der Waals surface area contributed by atoms with Crippen LogP contribution in [-0.2, 0) is 16.4 Å². The van der Waals surface area contributed by atoms with E-state index in [1.54, 1.807) is 13.0 Å². The fourth-order valence-electron chi connectivity index (χ4n) is 2.77. The largest absolute Gasteiger partial charge is 0.399 e. The minimum Gasteiger partial charge on any atom is -0.399 e. The Morgan fingerprint density at radius 3 is 2.82 bits per heavy atom. The monoisotopic (exact) mass is 356 g/mol. The third-order valence-corrected chi connectivity index (χ3v) is 7.38. The predicted octanol–water partition coefficient (Wildman–Crippen LogP) is 3.65. The van der Waals surface area contributed by atoms with E-state index < -0.39 is 10.0 Å². The molecule has 1 atom stereocenters. The average Bonchev–Trinajstić information content (AvgIpc) is 2.79. The summed E-state index contributed by atoms with van der Waals surface area (Å²) in [6.45, 7) is 1.80. The number of nitrogens with two attached hydrogens (primary N) is 1. The second-order valence-corrected chi connectivity index (χ2v) is 9.14. The molecule has 1 aromatic heterocycles. The molecule has 2 aromatic rings. The van der Waals surface area contributed by atoms with Crippen molar-refractivity contribution in [2.45, 2.75) is 36.4 Å². The van der Waals surface area contributed by atoms with Crippen molar-refractivity contribution in [3.05, 3.63) is 45.3 Å². The highest BCUT2D eigenvalue weighted by Crippen LogP contribution is 2.34. The number of aryl methyl sites for hydroxylation is 2. The van der Waals surface area contributed by atoms with Crippen LogP contribution in [0.15, 0.2) is 28.5 Å². The minimum atomic E-state index is -3.56. The van der Waals surface area contributed by atoms with Gasteiger partial charge < -0.3 is 5.73 Å². The number of hydrogen-bond donors (Lipinski definition) is 2. The van der Waals surface area contributed by atoms with Crippen molar-refractivity contribution in [2.75, 3.05) is 5.73 Å². The van der Waals surface area contributed by atoms with Crippen LogP contribution in [-0.4, -0.2) is 8.42 Å². The predicted molar refractivity (Wildman–Crippen MR) is 90.9 cm³/mol. The first-order valence-corrected chi connectivity index (χ1v) is 9.71. The molecule has 0 bridgehead atoms. The Kier molecular flexibility index (Phi) is 4.20. The third kappa shape index (κ3) is 3.01. The Labute approximate surface area is 139 Å². The Morgan fingerprint density at radius 2 is 2.14 bits per heavy atom. The zero-order valence-electron chi connectivity index (χ0n) is 12.1. The number of hydrogen-bond acceptors (Lipinski definition) is 4. The van der Waals surface area contributed by atoms with Gasteiger partial charge in [-0.3, -0.25) is 0 Å². The number of fused-ring (bicyclic) bond motifs is 1. The van der Waals surface area contributed by atoms with Gasteiger partial charge in [-0.1, -0.05) is 17.7 Å². The van der Waals surface area contributed by atoms with Crippen molar-refractivity contribution in [3.63, 3.8) is 0 Å². The fraction of sp³-hybridized carbons (Fsp3) is 0.333. The molecule has 0 amide bonds. The van der Waals surface area contributed by atoms with Gasteiger partial charge in [0.25, 0.3) is 10.0 Å². The number of halogens is 1. The summed E-state index contributed by atoms with van der Waals surface area (Å²) >= 11 is 7.08. The van der Waals surface area contributed by atoms with Crippen molar-refractivity contribution in [2.24, 2.45) is 0 Å². The number of thiophene rings is 1. The molecule has 1 unspecified atom stereocenters. The maximum atomic E-state index is 12.6. The molecular weight excluding hydrogens is 340 g/mol. The van der Waals surface area contributed by atoms with Gasteiger partial charge in [0.1, 0.15) is 4.21 Å². The van der Waals surface area contributed by atoms with Gasteiger partial charge in [-0.05, 0) is 61.1 Å². The van der Waals surface area contributed by atoms with Crippen LogP contribution in [0.25, 0.3) is 0 Å². The van der Waals surface area contributed by atoms with Crippen LogP contribution in [0.5, 0.6) is 0 Å². The molecule has 0 saturated heterocycles. The Morgan fingerprint density at radius 1 is 1.36 bits per heavy atom. The van der Waals surface area contributed by atoms with Crippen molar-refractivity contribution in [3.8, 4) is 0 Å². The Bertz CT molecular complexity index is 795. The van der Waals surface area contributed by atoms with E-state index >= 15 is 0 Å². The molecule has 1 aliphatic rings. The lowest BCUT2D eigenvalue weighted by Crippen LogP contribution is -2.30. The van der Waals surface area contributed by atoms with Crippen LogP contribution in [0.3, 0.4) is 0 Å². The highest BCUT2D eigenvalue weighted by molar-refractivity contribution is 7.91. The van der Waals surface area contributed by atoms with E-state index in [1.165, 1.54) is 0 Å². The van der Waals surface area contributed by atoms with E-state index in [0.29, 0.717) is 10.0 Å². The topological polar surface area (TPSA) is 72.2 Å². The van der Waals surface area contributed by atoms with Crippen LogP contribution in [0.1, 0.15) is 35.6 Å². The number of nitrogen functional groups attached to an aromatic ring is 1. The Hall–Kier alpha value is -1.08. The first-order valence-electron chi connectivity index (χ1n) is 7.03. The van der Waals surface area contributed by atoms with Crippen molar-refractivity contribution in [1.82, 2.24) is 4.72 Å². The molecule has 7 heteroatoms. The first kappa shape index (κ1) is 15.8. The molecule has 118 valence electrons. The van der Waals surface area contributed by atoms with E-state index in [9.17, 15) is 8.42 Å². The molecule has 0 fully saturated rings. The van der Waals surface area contributed by atoms with Gasteiger partial charge in [-0.2, -0.15) is 0 Å². The SMILES string of the molecule is Cc1cc(S(=O)(=O)NC2CCCc3cc(N)ccc32)sc1Cl. The van der Waals surface area contributed by atoms with Gasteiger partial charge in [0.15, 0.2) is 0 Å². The quantitative estimate of drug-likeness (QED) is 0.824. The Balaban J connectivity index is 1.91. The maximum absolute atomic E-state index is 12.6. The highest BCUT2D eigenvalue weighted by atomic mass is 35.5. The second-order valence-electron chi connectivity index (χ2n) is 5.55. The molecule has 3 N–H and O–H groups in total. The summed E-state index contributed by atoms with van der Waals surface area (Å²) in [6.07, 6.45) is 2.66. The normalized spacial score (nSPS) is 18.2. The number of sulfonamides is 1. The lowest BCUT2D eigenvalue weighted by molar-refractivity contribution is 0.508. The van der Waals surface area contributed by atoms with Crippen LogP contribution >= 0.6 is 22.9 Å². The molecule has 3 rings (SSSR count). The molecular formula is C15H17ClN2O2S2. The lowest BCUT2D eigenvalue weighted by atomic mass is 9.88.